The van der Waals surface area contributed by atoms with Gasteiger partial charge in [0, 0.05) is 12.6 Å². The molecule has 10 heteroatoms. The maximum atomic E-state index is 13.4. The fourth-order valence-electron chi connectivity index (χ4n) is 1.59. The number of rotatable bonds is 6. The number of carbonyl (C=O) groups is 2. The van der Waals surface area contributed by atoms with E-state index in [4.69, 9.17) is 5.11 Å². The first-order valence-electron chi connectivity index (χ1n) is 6.46. The zero-order valence-electron chi connectivity index (χ0n) is 11.7. The van der Waals surface area contributed by atoms with Gasteiger partial charge in [0.25, 0.3) is 0 Å². The molecule has 0 aliphatic heterocycles. The van der Waals surface area contributed by atoms with Gasteiger partial charge in [0.05, 0.1) is 18.7 Å². The van der Waals surface area contributed by atoms with Crippen LogP contribution in [-0.4, -0.2) is 40.2 Å². The highest BCUT2D eigenvalue weighted by Crippen LogP contribution is 2.15. The third-order valence-corrected chi connectivity index (χ3v) is 2.58. The SMILES string of the molecule is O=C(Cc1noc(C(=O)NCCO)n1)Nc1ccc(F)cc1F. The summed E-state index contributed by atoms with van der Waals surface area (Å²) in [5, 5.41) is 16.5. The fourth-order valence-corrected chi connectivity index (χ4v) is 1.59. The fraction of sp³-hybridized carbons (Fsp3) is 0.231. The third-order valence-electron chi connectivity index (χ3n) is 2.58. The van der Waals surface area contributed by atoms with Gasteiger partial charge in [-0.05, 0) is 12.1 Å². The first-order chi connectivity index (χ1) is 11.0. The molecule has 0 atom stereocenters. The Morgan fingerprint density at radius 2 is 2.09 bits per heavy atom. The summed E-state index contributed by atoms with van der Waals surface area (Å²) >= 11 is 0. The highest BCUT2D eigenvalue weighted by molar-refractivity contribution is 5.92. The Balaban J connectivity index is 1.95. The van der Waals surface area contributed by atoms with Crippen LogP contribution in [0.3, 0.4) is 0 Å². The minimum absolute atomic E-state index is 0.0148. The summed E-state index contributed by atoms with van der Waals surface area (Å²) in [7, 11) is 0. The molecule has 0 radical (unpaired) electrons. The molecule has 1 aromatic heterocycles. The van der Waals surface area contributed by atoms with E-state index in [-0.39, 0.29) is 37.0 Å². The van der Waals surface area contributed by atoms with Crippen molar-refractivity contribution in [2.24, 2.45) is 0 Å². The Hall–Kier alpha value is -2.88. The Morgan fingerprint density at radius 3 is 2.78 bits per heavy atom. The van der Waals surface area contributed by atoms with E-state index in [1.165, 1.54) is 0 Å². The number of aromatic nitrogens is 2. The summed E-state index contributed by atoms with van der Waals surface area (Å²) in [5.41, 5.74) is -0.194. The molecule has 0 saturated carbocycles. The standard InChI is InChI=1S/C13H12F2N4O4/c14-7-1-2-9(8(15)5-7)17-11(21)6-10-18-13(23-19-10)12(22)16-3-4-20/h1-2,5,20H,3-4,6H2,(H,16,22)(H,17,21). The van der Waals surface area contributed by atoms with Crippen LogP contribution in [-0.2, 0) is 11.2 Å². The number of amides is 2. The van der Waals surface area contributed by atoms with Gasteiger partial charge in [0.2, 0.25) is 5.91 Å². The molecule has 3 N–H and O–H groups in total. The molecule has 0 bridgehead atoms. The first-order valence-corrected chi connectivity index (χ1v) is 6.46. The lowest BCUT2D eigenvalue weighted by atomic mass is 10.3. The number of hydrogen-bond acceptors (Lipinski definition) is 6. The molecule has 2 amide bonds. The van der Waals surface area contributed by atoms with Gasteiger partial charge >= 0.3 is 11.8 Å². The molecule has 1 heterocycles. The molecule has 0 saturated heterocycles. The van der Waals surface area contributed by atoms with E-state index < -0.39 is 23.4 Å². The van der Waals surface area contributed by atoms with Gasteiger partial charge < -0.3 is 20.3 Å². The van der Waals surface area contributed by atoms with Crippen molar-refractivity contribution < 1.29 is 28.0 Å². The van der Waals surface area contributed by atoms with Gasteiger partial charge in [-0.15, -0.1) is 0 Å². The topological polar surface area (TPSA) is 117 Å². The summed E-state index contributed by atoms with van der Waals surface area (Å²) in [6.07, 6.45) is -0.367. The number of hydrogen-bond donors (Lipinski definition) is 3. The molecule has 23 heavy (non-hydrogen) atoms. The van der Waals surface area contributed by atoms with Crippen molar-refractivity contribution in [3.05, 3.63) is 41.5 Å². The highest BCUT2D eigenvalue weighted by atomic mass is 19.1. The Kier molecular flexibility index (Phi) is 5.31. The van der Waals surface area contributed by atoms with Crippen LogP contribution in [0.25, 0.3) is 0 Å². The smallest absolute Gasteiger partial charge is 0.315 e. The molecule has 8 nitrogen and oxygen atoms in total. The van der Waals surface area contributed by atoms with Crippen molar-refractivity contribution in [3.8, 4) is 0 Å². The molecule has 122 valence electrons. The number of benzene rings is 1. The molecular formula is C13H12F2N4O4. The molecule has 1 aromatic carbocycles. The van der Waals surface area contributed by atoms with Gasteiger partial charge in [-0.1, -0.05) is 5.16 Å². The predicted molar refractivity (Wildman–Crippen MR) is 72.4 cm³/mol. The van der Waals surface area contributed by atoms with Crippen LogP contribution in [0, 0.1) is 11.6 Å². The van der Waals surface area contributed by atoms with Crippen LogP contribution in [0.4, 0.5) is 14.5 Å². The van der Waals surface area contributed by atoms with E-state index in [0.717, 1.165) is 12.1 Å². The van der Waals surface area contributed by atoms with E-state index in [9.17, 15) is 18.4 Å². The second kappa shape index (κ2) is 7.40. The number of aliphatic hydroxyl groups excluding tert-OH is 1. The predicted octanol–water partition coefficient (Wildman–Crippen LogP) is 0.251. The number of nitrogens with one attached hydrogen (secondary N) is 2. The summed E-state index contributed by atoms with van der Waals surface area (Å²) in [4.78, 5) is 26.9. The Labute approximate surface area is 128 Å². The number of halogens is 2. The number of carbonyl (C=O) groups excluding carboxylic acids is 2. The number of anilines is 1. The number of aliphatic hydroxyl groups is 1. The molecule has 2 rings (SSSR count). The molecule has 0 aliphatic rings. The van der Waals surface area contributed by atoms with Crippen molar-refractivity contribution in [2.75, 3.05) is 18.5 Å². The minimum Gasteiger partial charge on any atom is -0.395 e. The molecule has 0 fully saturated rings. The van der Waals surface area contributed by atoms with E-state index in [2.05, 4.69) is 25.3 Å². The van der Waals surface area contributed by atoms with Crippen LogP contribution < -0.4 is 10.6 Å². The van der Waals surface area contributed by atoms with E-state index in [1.807, 2.05) is 0 Å². The van der Waals surface area contributed by atoms with Crippen molar-refractivity contribution in [3.63, 3.8) is 0 Å². The monoisotopic (exact) mass is 326 g/mol. The lowest BCUT2D eigenvalue weighted by Gasteiger charge is -2.04. The van der Waals surface area contributed by atoms with Gasteiger partial charge in [-0.2, -0.15) is 4.98 Å². The average molecular weight is 326 g/mol. The van der Waals surface area contributed by atoms with Crippen LogP contribution in [0.2, 0.25) is 0 Å². The van der Waals surface area contributed by atoms with Gasteiger partial charge in [0.15, 0.2) is 5.82 Å². The van der Waals surface area contributed by atoms with Crippen LogP contribution >= 0.6 is 0 Å². The lowest BCUT2D eigenvalue weighted by molar-refractivity contribution is -0.115. The van der Waals surface area contributed by atoms with Crippen LogP contribution in [0.1, 0.15) is 16.5 Å². The van der Waals surface area contributed by atoms with E-state index in [1.54, 1.807) is 0 Å². The van der Waals surface area contributed by atoms with E-state index in [0.29, 0.717) is 6.07 Å². The van der Waals surface area contributed by atoms with Gasteiger partial charge in [-0.3, -0.25) is 9.59 Å². The Morgan fingerprint density at radius 1 is 1.30 bits per heavy atom. The van der Waals surface area contributed by atoms with Crippen molar-refractivity contribution in [2.45, 2.75) is 6.42 Å². The summed E-state index contributed by atoms with van der Waals surface area (Å²) in [6, 6.07) is 2.71. The van der Waals surface area contributed by atoms with Crippen molar-refractivity contribution >= 4 is 17.5 Å². The maximum Gasteiger partial charge on any atom is 0.315 e. The normalized spacial score (nSPS) is 10.4. The average Bonchev–Trinajstić information content (AvgIpc) is 2.96. The van der Waals surface area contributed by atoms with Crippen molar-refractivity contribution in [1.29, 1.82) is 0 Å². The van der Waals surface area contributed by atoms with Crippen LogP contribution in [0.5, 0.6) is 0 Å². The zero-order chi connectivity index (χ0) is 16.8. The molecular weight excluding hydrogens is 314 g/mol. The summed E-state index contributed by atoms with van der Waals surface area (Å²) in [6.45, 7) is -0.237. The second-order valence-electron chi connectivity index (χ2n) is 4.34. The third kappa shape index (κ3) is 4.54. The molecule has 0 spiro atoms. The van der Waals surface area contributed by atoms with Crippen molar-refractivity contribution in [1.82, 2.24) is 15.5 Å². The molecule has 0 aliphatic carbocycles. The van der Waals surface area contributed by atoms with E-state index >= 15 is 0 Å². The van der Waals surface area contributed by atoms with Gasteiger partial charge in [-0.25, -0.2) is 8.78 Å². The number of nitrogens with zero attached hydrogens (tertiary/aromatic N) is 2. The van der Waals surface area contributed by atoms with Gasteiger partial charge in [0.1, 0.15) is 11.6 Å². The Bertz CT molecular complexity index is 720. The van der Waals surface area contributed by atoms with Crippen LogP contribution in [0.15, 0.2) is 22.7 Å². The molecule has 2 aromatic rings. The zero-order valence-corrected chi connectivity index (χ0v) is 11.7. The summed E-state index contributed by atoms with van der Waals surface area (Å²) < 4.78 is 30.8. The lowest BCUT2D eigenvalue weighted by Crippen LogP contribution is -2.26. The maximum absolute atomic E-state index is 13.4. The summed E-state index contributed by atoms with van der Waals surface area (Å²) in [5.74, 6) is -3.50. The largest absolute Gasteiger partial charge is 0.395 e. The quantitative estimate of drug-likeness (QED) is 0.700. The second-order valence-corrected chi connectivity index (χ2v) is 4.34. The molecule has 0 unspecified atom stereocenters. The highest BCUT2D eigenvalue weighted by Gasteiger charge is 2.17. The first kappa shape index (κ1) is 16.5. The minimum atomic E-state index is -0.921.